The van der Waals surface area contributed by atoms with Crippen LogP contribution in [0.5, 0.6) is 0 Å². The first-order valence-electron chi connectivity index (χ1n) is 7.15. The first-order chi connectivity index (χ1) is 9.61. The van der Waals surface area contributed by atoms with E-state index in [2.05, 4.69) is 10.6 Å². The first-order valence-corrected chi connectivity index (χ1v) is 7.15. The van der Waals surface area contributed by atoms with Crippen LogP contribution in [0.2, 0.25) is 0 Å². The summed E-state index contributed by atoms with van der Waals surface area (Å²) in [5.41, 5.74) is 6.55. The van der Waals surface area contributed by atoms with Crippen LogP contribution in [-0.2, 0) is 4.79 Å². The molecule has 1 saturated carbocycles. The highest BCUT2D eigenvalue weighted by atomic mass is 19.1. The lowest BCUT2D eigenvalue weighted by Crippen LogP contribution is -2.41. The van der Waals surface area contributed by atoms with Gasteiger partial charge in [0.2, 0.25) is 0 Å². The van der Waals surface area contributed by atoms with Crippen molar-refractivity contribution in [1.29, 1.82) is 0 Å². The van der Waals surface area contributed by atoms with E-state index in [-0.39, 0.29) is 17.2 Å². The number of ketones is 1. The molecule has 2 fully saturated rings. The maximum atomic E-state index is 13.3. The number of hydrogen-bond acceptors (Lipinski definition) is 4. The Morgan fingerprint density at radius 1 is 1.50 bits per heavy atom. The number of nitrogens with one attached hydrogen (secondary N) is 2. The maximum Gasteiger partial charge on any atom is 0.145 e. The normalized spacial score (nSPS) is 25.6. The number of rotatable bonds is 5. The fourth-order valence-corrected chi connectivity index (χ4v) is 2.92. The van der Waals surface area contributed by atoms with Crippen molar-refractivity contribution >= 4 is 17.2 Å². The Labute approximate surface area is 117 Å². The van der Waals surface area contributed by atoms with E-state index in [4.69, 9.17) is 5.73 Å². The number of halogens is 1. The van der Waals surface area contributed by atoms with Crippen LogP contribution in [0, 0.1) is 17.2 Å². The van der Waals surface area contributed by atoms with E-state index in [1.165, 1.54) is 12.1 Å². The highest BCUT2D eigenvalue weighted by molar-refractivity contribution is 5.90. The highest BCUT2D eigenvalue weighted by Gasteiger charge is 2.47. The van der Waals surface area contributed by atoms with Crippen LogP contribution >= 0.6 is 0 Å². The highest BCUT2D eigenvalue weighted by Crippen LogP contribution is 2.40. The van der Waals surface area contributed by atoms with Crippen LogP contribution < -0.4 is 16.4 Å². The van der Waals surface area contributed by atoms with Gasteiger partial charge in [-0.2, -0.15) is 0 Å². The van der Waals surface area contributed by atoms with E-state index in [1.54, 1.807) is 6.07 Å². The summed E-state index contributed by atoms with van der Waals surface area (Å²) in [6.07, 6.45) is 2.87. The van der Waals surface area contributed by atoms with Gasteiger partial charge in [-0.1, -0.05) is 0 Å². The van der Waals surface area contributed by atoms with Gasteiger partial charge in [0.05, 0.1) is 16.8 Å². The Morgan fingerprint density at radius 2 is 2.30 bits per heavy atom. The molecule has 1 saturated heterocycles. The van der Waals surface area contributed by atoms with Gasteiger partial charge in [-0.3, -0.25) is 4.79 Å². The van der Waals surface area contributed by atoms with Crippen molar-refractivity contribution in [3.8, 4) is 0 Å². The summed E-state index contributed by atoms with van der Waals surface area (Å²) >= 11 is 0. The average molecular weight is 277 g/mol. The minimum Gasteiger partial charge on any atom is -0.397 e. The summed E-state index contributed by atoms with van der Waals surface area (Å²) in [4.78, 5) is 12.5. The second-order valence-electron chi connectivity index (χ2n) is 5.93. The summed E-state index contributed by atoms with van der Waals surface area (Å²) in [5.74, 6) is 0.264. The molecule has 1 aromatic carbocycles. The third-order valence-corrected chi connectivity index (χ3v) is 4.35. The van der Waals surface area contributed by atoms with Gasteiger partial charge in [-0.15, -0.1) is 0 Å². The second kappa shape index (κ2) is 5.05. The lowest BCUT2D eigenvalue weighted by Gasteiger charge is -2.28. The molecule has 108 valence electrons. The molecule has 0 radical (unpaired) electrons. The molecule has 1 aliphatic heterocycles. The molecule has 2 aliphatic rings. The topological polar surface area (TPSA) is 67.1 Å². The zero-order valence-electron chi connectivity index (χ0n) is 11.4. The minimum atomic E-state index is -0.361. The molecular formula is C15H20FN3O. The van der Waals surface area contributed by atoms with Gasteiger partial charge in [0.1, 0.15) is 11.6 Å². The third kappa shape index (κ3) is 2.50. The van der Waals surface area contributed by atoms with Crippen molar-refractivity contribution in [1.82, 2.24) is 5.32 Å². The summed E-state index contributed by atoms with van der Waals surface area (Å²) in [6, 6.07) is 4.26. The quantitative estimate of drug-likeness (QED) is 0.718. The molecule has 1 atom stereocenters. The maximum absolute atomic E-state index is 13.3. The Balaban J connectivity index is 1.74. The second-order valence-corrected chi connectivity index (χ2v) is 5.93. The fraction of sp³-hybridized carbons (Fsp3) is 0.533. The smallest absolute Gasteiger partial charge is 0.145 e. The van der Waals surface area contributed by atoms with Crippen LogP contribution in [0.25, 0.3) is 0 Å². The van der Waals surface area contributed by atoms with Crippen LogP contribution in [0.1, 0.15) is 19.3 Å². The molecule has 0 aromatic heterocycles. The minimum absolute atomic E-state index is 0.238. The predicted octanol–water partition coefficient (Wildman–Crippen LogP) is 1.78. The van der Waals surface area contributed by atoms with Gasteiger partial charge in [0.15, 0.2) is 0 Å². The van der Waals surface area contributed by atoms with Crippen molar-refractivity contribution < 1.29 is 9.18 Å². The zero-order valence-corrected chi connectivity index (χ0v) is 11.4. The van der Waals surface area contributed by atoms with Gasteiger partial charge in [-0.05, 0) is 44.0 Å². The Morgan fingerprint density at radius 3 is 2.95 bits per heavy atom. The molecule has 1 aromatic rings. The summed E-state index contributed by atoms with van der Waals surface area (Å²) < 4.78 is 13.3. The van der Waals surface area contributed by atoms with Crippen LogP contribution in [0.4, 0.5) is 15.8 Å². The Hall–Kier alpha value is -1.62. The van der Waals surface area contributed by atoms with Gasteiger partial charge < -0.3 is 16.4 Å². The molecule has 0 amide bonds. The van der Waals surface area contributed by atoms with E-state index < -0.39 is 0 Å². The Bertz CT molecular complexity index is 522. The molecule has 0 unspecified atom stereocenters. The number of carbonyl (C=O) groups excluding carboxylic acids is 1. The number of carbonyl (C=O) groups is 1. The molecule has 4 nitrogen and oxygen atoms in total. The standard InChI is InChI=1S/C15H20FN3O/c16-11-3-4-12(17)13(7-11)19-9-15(5-6-18-8-15)14(20)10-1-2-10/h3-4,7,10,18-19H,1-2,5-6,8-9,17H2/t15-/m0/s1. The number of nitrogens with two attached hydrogens (primary N) is 1. The molecule has 20 heavy (non-hydrogen) atoms. The lowest BCUT2D eigenvalue weighted by atomic mass is 9.80. The van der Waals surface area contributed by atoms with E-state index in [0.29, 0.717) is 30.2 Å². The average Bonchev–Trinajstić information content (AvgIpc) is 3.18. The fourth-order valence-electron chi connectivity index (χ4n) is 2.92. The molecule has 0 bridgehead atoms. The summed E-state index contributed by atoms with van der Waals surface area (Å²) in [7, 11) is 0. The SMILES string of the molecule is Nc1ccc(F)cc1NC[C@]1(C(=O)C2CC2)CCNC1. The van der Waals surface area contributed by atoms with Gasteiger partial charge in [-0.25, -0.2) is 4.39 Å². The van der Waals surface area contributed by atoms with Gasteiger partial charge >= 0.3 is 0 Å². The number of hydrogen-bond donors (Lipinski definition) is 3. The molecule has 1 heterocycles. The van der Waals surface area contributed by atoms with Crippen molar-refractivity contribution in [2.75, 3.05) is 30.7 Å². The van der Waals surface area contributed by atoms with Crippen molar-refractivity contribution in [2.45, 2.75) is 19.3 Å². The molecule has 0 spiro atoms. The van der Waals surface area contributed by atoms with Crippen molar-refractivity contribution in [3.63, 3.8) is 0 Å². The largest absolute Gasteiger partial charge is 0.397 e. The molecule has 5 heteroatoms. The lowest BCUT2D eigenvalue weighted by molar-refractivity contribution is -0.128. The van der Waals surface area contributed by atoms with Crippen LogP contribution in [0.15, 0.2) is 18.2 Å². The first kappa shape index (κ1) is 13.4. The zero-order chi connectivity index (χ0) is 14.2. The number of benzene rings is 1. The van der Waals surface area contributed by atoms with Crippen LogP contribution in [0.3, 0.4) is 0 Å². The molecular weight excluding hydrogens is 257 g/mol. The van der Waals surface area contributed by atoms with Crippen molar-refractivity contribution in [2.24, 2.45) is 11.3 Å². The van der Waals surface area contributed by atoms with E-state index in [9.17, 15) is 9.18 Å². The summed E-state index contributed by atoms with van der Waals surface area (Å²) in [6.45, 7) is 2.08. The van der Waals surface area contributed by atoms with Crippen molar-refractivity contribution in [3.05, 3.63) is 24.0 Å². The predicted molar refractivity (Wildman–Crippen MR) is 77.0 cm³/mol. The monoisotopic (exact) mass is 277 g/mol. The number of nitrogen functional groups attached to an aromatic ring is 1. The Kier molecular flexibility index (Phi) is 3.38. The molecule has 4 N–H and O–H groups in total. The molecule has 3 rings (SSSR count). The van der Waals surface area contributed by atoms with Gasteiger partial charge in [0.25, 0.3) is 0 Å². The molecule has 1 aliphatic carbocycles. The van der Waals surface area contributed by atoms with Crippen LogP contribution in [-0.4, -0.2) is 25.4 Å². The van der Waals surface area contributed by atoms with E-state index in [1.807, 2.05) is 0 Å². The van der Waals surface area contributed by atoms with E-state index >= 15 is 0 Å². The number of anilines is 2. The summed E-state index contributed by atoms with van der Waals surface area (Å²) in [5, 5.41) is 6.45. The number of Topliss-reactive ketones (excluding diaryl/α,β-unsaturated/α-hetero) is 1. The van der Waals surface area contributed by atoms with E-state index in [0.717, 1.165) is 25.8 Å². The third-order valence-electron chi connectivity index (χ3n) is 4.35. The van der Waals surface area contributed by atoms with Gasteiger partial charge in [0, 0.05) is 19.0 Å².